The van der Waals surface area contributed by atoms with Crippen LogP contribution in [0.3, 0.4) is 0 Å². The Morgan fingerprint density at radius 1 is 1.53 bits per heavy atom. The third-order valence-electron chi connectivity index (χ3n) is 2.95. The van der Waals surface area contributed by atoms with Crippen molar-refractivity contribution in [3.8, 4) is 0 Å². The first-order valence-electron chi connectivity index (χ1n) is 5.53. The molecule has 1 fully saturated rings. The van der Waals surface area contributed by atoms with Crippen LogP contribution in [-0.4, -0.2) is 40.5 Å². The Hall–Kier alpha value is -1.72. The molecule has 1 atom stereocenters. The molecule has 1 aliphatic heterocycles. The highest BCUT2D eigenvalue weighted by molar-refractivity contribution is 5.93. The Morgan fingerprint density at radius 2 is 2.24 bits per heavy atom. The van der Waals surface area contributed by atoms with Crippen LogP contribution in [0.1, 0.15) is 13.8 Å². The highest BCUT2D eigenvalue weighted by Gasteiger charge is 2.38. The van der Waals surface area contributed by atoms with E-state index in [0.29, 0.717) is 12.4 Å². The van der Waals surface area contributed by atoms with E-state index in [4.69, 9.17) is 0 Å². The van der Waals surface area contributed by atoms with Crippen molar-refractivity contribution in [1.29, 1.82) is 0 Å². The Labute approximate surface area is 99.3 Å². The molecule has 2 amide bonds. The molecular weight excluding hydrogens is 223 g/mol. The maximum atomic E-state index is 13.0. The molecule has 1 aromatic heterocycles. The van der Waals surface area contributed by atoms with Gasteiger partial charge in [-0.1, -0.05) is 13.8 Å². The fourth-order valence-corrected chi connectivity index (χ4v) is 2.00. The SMILES string of the molecule is CC(C)C1CN(C)C(=O)N1c1ccnc(F)n1. The van der Waals surface area contributed by atoms with Gasteiger partial charge in [-0.2, -0.15) is 9.37 Å². The van der Waals surface area contributed by atoms with Gasteiger partial charge < -0.3 is 4.90 Å². The second-order valence-electron chi connectivity index (χ2n) is 4.53. The zero-order chi connectivity index (χ0) is 12.6. The molecule has 2 heterocycles. The van der Waals surface area contributed by atoms with E-state index in [0.717, 1.165) is 0 Å². The lowest BCUT2D eigenvalue weighted by Gasteiger charge is -2.24. The van der Waals surface area contributed by atoms with Gasteiger partial charge in [-0.3, -0.25) is 4.90 Å². The van der Waals surface area contributed by atoms with Gasteiger partial charge in [0, 0.05) is 19.8 Å². The van der Waals surface area contributed by atoms with Crippen molar-refractivity contribution < 1.29 is 9.18 Å². The van der Waals surface area contributed by atoms with E-state index in [2.05, 4.69) is 9.97 Å². The molecule has 0 bridgehead atoms. The van der Waals surface area contributed by atoms with E-state index in [1.807, 2.05) is 13.8 Å². The molecule has 92 valence electrons. The van der Waals surface area contributed by atoms with Gasteiger partial charge in [-0.25, -0.2) is 9.78 Å². The molecule has 6 heteroatoms. The summed E-state index contributed by atoms with van der Waals surface area (Å²) in [6.07, 6.45) is 0.507. The van der Waals surface area contributed by atoms with Crippen molar-refractivity contribution in [3.05, 3.63) is 18.3 Å². The van der Waals surface area contributed by atoms with E-state index >= 15 is 0 Å². The lowest BCUT2D eigenvalue weighted by Crippen LogP contribution is -2.38. The molecule has 0 spiro atoms. The number of carbonyl (C=O) groups excluding carboxylic acids is 1. The first kappa shape index (κ1) is 11.8. The molecule has 0 radical (unpaired) electrons. The minimum Gasteiger partial charge on any atom is -0.325 e. The van der Waals surface area contributed by atoms with Gasteiger partial charge in [0.2, 0.25) is 0 Å². The number of urea groups is 1. The summed E-state index contributed by atoms with van der Waals surface area (Å²) < 4.78 is 13.0. The highest BCUT2D eigenvalue weighted by Crippen LogP contribution is 2.26. The summed E-state index contributed by atoms with van der Waals surface area (Å²) in [5.41, 5.74) is 0. The number of nitrogens with zero attached hydrogens (tertiary/aromatic N) is 4. The van der Waals surface area contributed by atoms with E-state index in [1.165, 1.54) is 11.1 Å². The molecule has 2 rings (SSSR count). The van der Waals surface area contributed by atoms with E-state index in [1.54, 1.807) is 18.0 Å². The fraction of sp³-hybridized carbons (Fsp3) is 0.545. The summed E-state index contributed by atoms with van der Waals surface area (Å²) in [6.45, 7) is 4.69. The molecular formula is C11H15FN4O. The van der Waals surface area contributed by atoms with Crippen LogP contribution in [0.25, 0.3) is 0 Å². The fourth-order valence-electron chi connectivity index (χ4n) is 2.00. The summed E-state index contributed by atoms with van der Waals surface area (Å²) in [5, 5.41) is 0. The van der Waals surface area contributed by atoms with Gasteiger partial charge in [0.25, 0.3) is 0 Å². The zero-order valence-electron chi connectivity index (χ0n) is 10.1. The second-order valence-corrected chi connectivity index (χ2v) is 4.53. The molecule has 5 nitrogen and oxygen atoms in total. The highest BCUT2D eigenvalue weighted by atomic mass is 19.1. The van der Waals surface area contributed by atoms with Gasteiger partial charge in [0.05, 0.1) is 6.04 Å². The number of halogens is 1. The maximum absolute atomic E-state index is 13.0. The van der Waals surface area contributed by atoms with Gasteiger partial charge in [-0.05, 0) is 12.0 Å². The molecule has 1 saturated heterocycles. The average molecular weight is 238 g/mol. The predicted molar refractivity (Wildman–Crippen MR) is 61.1 cm³/mol. The number of likely N-dealkylation sites (N-methyl/N-ethyl adjacent to an activating group) is 1. The predicted octanol–water partition coefficient (Wildman–Crippen LogP) is 1.51. The molecule has 1 unspecified atom stereocenters. The number of aromatic nitrogens is 2. The minimum absolute atomic E-state index is 0.0156. The number of anilines is 1. The third-order valence-corrected chi connectivity index (χ3v) is 2.95. The summed E-state index contributed by atoms with van der Waals surface area (Å²) in [6, 6.07) is 1.42. The zero-order valence-corrected chi connectivity index (χ0v) is 10.1. The standard InChI is InChI=1S/C11H15FN4O/c1-7(2)8-6-15(3)11(17)16(8)9-4-5-13-10(12)14-9/h4-5,7-8H,6H2,1-3H3. The van der Waals surface area contributed by atoms with Crippen molar-refractivity contribution in [2.75, 3.05) is 18.5 Å². The van der Waals surface area contributed by atoms with Crippen molar-refractivity contribution >= 4 is 11.8 Å². The molecule has 1 aliphatic rings. The van der Waals surface area contributed by atoms with Gasteiger partial charge in [0.15, 0.2) is 0 Å². The number of hydrogen-bond donors (Lipinski definition) is 0. The molecule has 0 aliphatic carbocycles. The van der Waals surface area contributed by atoms with Crippen LogP contribution < -0.4 is 4.90 Å². The van der Waals surface area contributed by atoms with Crippen LogP contribution in [-0.2, 0) is 0 Å². The third kappa shape index (κ3) is 2.07. The number of carbonyl (C=O) groups is 1. The van der Waals surface area contributed by atoms with Crippen molar-refractivity contribution in [1.82, 2.24) is 14.9 Å². The Balaban J connectivity index is 2.37. The largest absolute Gasteiger partial charge is 0.325 e. The van der Waals surface area contributed by atoms with Crippen molar-refractivity contribution in [3.63, 3.8) is 0 Å². The maximum Gasteiger partial charge on any atom is 0.325 e. The van der Waals surface area contributed by atoms with Crippen LogP contribution in [0.2, 0.25) is 0 Å². The number of rotatable bonds is 2. The normalized spacial score (nSPS) is 20.5. The Morgan fingerprint density at radius 3 is 2.82 bits per heavy atom. The Kier molecular flexibility index (Phi) is 2.95. The first-order chi connectivity index (χ1) is 8.00. The first-order valence-corrected chi connectivity index (χ1v) is 5.53. The van der Waals surface area contributed by atoms with Gasteiger partial charge in [0.1, 0.15) is 5.82 Å². The van der Waals surface area contributed by atoms with E-state index < -0.39 is 6.08 Å². The lowest BCUT2D eigenvalue weighted by atomic mass is 10.0. The minimum atomic E-state index is -0.813. The van der Waals surface area contributed by atoms with Gasteiger partial charge in [-0.15, -0.1) is 0 Å². The average Bonchev–Trinajstić information content (AvgIpc) is 2.56. The summed E-state index contributed by atoms with van der Waals surface area (Å²) >= 11 is 0. The monoisotopic (exact) mass is 238 g/mol. The topological polar surface area (TPSA) is 49.3 Å². The summed E-state index contributed by atoms with van der Waals surface area (Å²) in [5.74, 6) is 0.604. The smallest absolute Gasteiger partial charge is 0.325 e. The van der Waals surface area contributed by atoms with Crippen LogP contribution in [0.15, 0.2) is 12.3 Å². The van der Waals surface area contributed by atoms with Crippen molar-refractivity contribution in [2.24, 2.45) is 5.92 Å². The van der Waals surface area contributed by atoms with Crippen LogP contribution >= 0.6 is 0 Å². The molecule has 1 aromatic rings. The second kappa shape index (κ2) is 4.27. The summed E-state index contributed by atoms with van der Waals surface area (Å²) in [7, 11) is 1.73. The van der Waals surface area contributed by atoms with Crippen LogP contribution in [0.5, 0.6) is 0 Å². The number of hydrogen-bond acceptors (Lipinski definition) is 3. The molecule has 0 aromatic carbocycles. The molecule has 0 N–H and O–H groups in total. The Bertz CT molecular complexity index is 437. The lowest BCUT2D eigenvalue weighted by molar-refractivity contribution is 0.229. The van der Waals surface area contributed by atoms with E-state index in [-0.39, 0.29) is 18.0 Å². The van der Waals surface area contributed by atoms with Crippen LogP contribution in [0, 0.1) is 12.0 Å². The van der Waals surface area contributed by atoms with E-state index in [9.17, 15) is 9.18 Å². The summed E-state index contributed by atoms with van der Waals surface area (Å²) in [4.78, 5) is 22.2. The number of amides is 2. The van der Waals surface area contributed by atoms with Crippen molar-refractivity contribution in [2.45, 2.75) is 19.9 Å². The van der Waals surface area contributed by atoms with Gasteiger partial charge >= 0.3 is 12.1 Å². The molecule has 0 saturated carbocycles. The molecule has 17 heavy (non-hydrogen) atoms. The quantitative estimate of drug-likeness (QED) is 0.734. The van der Waals surface area contributed by atoms with Crippen LogP contribution in [0.4, 0.5) is 15.0 Å².